The van der Waals surface area contributed by atoms with E-state index in [1.165, 1.54) is 10.7 Å². The molecule has 1 amide bonds. The molecule has 2 rings (SSSR count). The molecule has 23 heavy (non-hydrogen) atoms. The van der Waals surface area contributed by atoms with Crippen LogP contribution in [0.1, 0.15) is 12.8 Å². The predicted octanol–water partition coefficient (Wildman–Crippen LogP) is 0.0228. The summed E-state index contributed by atoms with van der Waals surface area (Å²) in [4.78, 5) is 27.2. The van der Waals surface area contributed by atoms with Gasteiger partial charge in [0.2, 0.25) is 5.91 Å². The lowest BCUT2D eigenvalue weighted by Crippen LogP contribution is -2.43. The average Bonchev–Trinajstić information content (AvgIpc) is 2.57. The van der Waals surface area contributed by atoms with Crippen molar-refractivity contribution in [3.8, 4) is 0 Å². The molecule has 0 unspecified atom stereocenters. The fourth-order valence-corrected chi connectivity index (χ4v) is 3.04. The molecule has 0 aliphatic carbocycles. The summed E-state index contributed by atoms with van der Waals surface area (Å²) >= 11 is 5.65. The second kappa shape index (κ2) is 8.31. The third-order valence-electron chi connectivity index (χ3n) is 4.23. The number of nitrogens with zero attached hydrogens (tertiary/aromatic N) is 4. The standard InChI is InChI=1S/C15H24ClN5O2/c1-19-14(22)3-2-13(18-19)20-7-4-12(5-8-20)11-21(9-6-17)15(23)10-16/h2-3,12H,4-11,17H2,1H3. The van der Waals surface area contributed by atoms with Gasteiger partial charge in [0.1, 0.15) is 11.7 Å². The Labute approximate surface area is 141 Å². The number of aromatic nitrogens is 2. The zero-order chi connectivity index (χ0) is 16.8. The van der Waals surface area contributed by atoms with Crippen LogP contribution in [0.5, 0.6) is 0 Å². The van der Waals surface area contributed by atoms with Crippen molar-refractivity contribution in [2.45, 2.75) is 12.8 Å². The molecule has 0 aromatic carbocycles. The molecular weight excluding hydrogens is 318 g/mol. The van der Waals surface area contributed by atoms with Crippen molar-refractivity contribution in [2.75, 3.05) is 43.5 Å². The number of aryl methyl sites for hydroxylation is 1. The minimum absolute atomic E-state index is 0.000803. The highest BCUT2D eigenvalue weighted by molar-refractivity contribution is 6.27. The summed E-state index contributed by atoms with van der Waals surface area (Å²) in [6.07, 6.45) is 1.95. The third kappa shape index (κ3) is 4.68. The van der Waals surface area contributed by atoms with E-state index >= 15 is 0 Å². The number of amides is 1. The Morgan fingerprint density at radius 3 is 2.70 bits per heavy atom. The molecule has 0 spiro atoms. The van der Waals surface area contributed by atoms with Gasteiger partial charge in [0.15, 0.2) is 0 Å². The number of hydrogen-bond donors (Lipinski definition) is 1. The van der Waals surface area contributed by atoms with E-state index in [1.54, 1.807) is 18.0 Å². The number of halogens is 1. The average molecular weight is 342 g/mol. The first-order valence-corrected chi connectivity index (χ1v) is 8.41. The summed E-state index contributed by atoms with van der Waals surface area (Å²) in [5, 5.41) is 4.28. The lowest BCUT2D eigenvalue weighted by molar-refractivity contribution is -0.129. The number of anilines is 1. The minimum atomic E-state index is -0.111. The lowest BCUT2D eigenvalue weighted by Gasteiger charge is -2.35. The summed E-state index contributed by atoms with van der Waals surface area (Å²) in [6, 6.07) is 3.30. The molecule has 1 aromatic rings. The van der Waals surface area contributed by atoms with Gasteiger partial charge in [0.05, 0.1) is 0 Å². The van der Waals surface area contributed by atoms with Gasteiger partial charge in [-0.25, -0.2) is 4.68 Å². The molecule has 128 valence electrons. The first kappa shape index (κ1) is 17.7. The molecule has 0 saturated carbocycles. The monoisotopic (exact) mass is 341 g/mol. The van der Waals surface area contributed by atoms with Crippen molar-refractivity contribution < 1.29 is 4.79 Å². The molecule has 0 atom stereocenters. The molecule has 1 aliphatic heterocycles. The predicted molar refractivity (Wildman–Crippen MR) is 90.8 cm³/mol. The van der Waals surface area contributed by atoms with Gasteiger partial charge < -0.3 is 15.5 Å². The van der Waals surface area contributed by atoms with Gasteiger partial charge in [-0.1, -0.05) is 0 Å². The molecule has 1 aliphatic rings. The Morgan fingerprint density at radius 2 is 2.13 bits per heavy atom. The highest BCUT2D eigenvalue weighted by Crippen LogP contribution is 2.22. The molecule has 1 saturated heterocycles. The molecule has 2 N–H and O–H groups in total. The Balaban J connectivity index is 1.91. The largest absolute Gasteiger partial charge is 0.355 e. The quantitative estimate of drug-likeness (QED) is 0.738. The van der Waals surface area contributed by atoms with Crippen molar-refractivity contribution in [1.82, 2.24) is 14.7 Å². The van der Waals surface area contributed by atoms with E-state index in [1.807, 2.05) is 0 Å². The zero-order valence-corrected chi connectivity index (χ0v) is 14.2. The molecular formula is C15H24ClN5O2. The summed E-state index contributed by atoms with van der Waals surface area (Å²) in [5.74, 6) is 1.21. The van der Waals surface area contributed by atoms with Crippen LogP contribution in [0, 0.1) is 5.92 Å². The van der Waals surface area contributed by atoms with Crippen molar-refractivity contribution in [2.24, 2.45) is 18.7 Å². The van der Waals surface area contributed by atoms with Crippen LogP contribution >= 0.6 is 11.6 Å². The van der Waals surface area contributed by atoms with Crippen molar-refractivity contribution in [1.29, 1.82) is 0 Å². The Kier molecular flexibility index (Phi) is 6.41. The van der Waals surface area contributed by atoms with E-state index < -0.39 is 0 Å². The van der Waals surface area contributed by atoms with E-state index in [0.717, 1.165) is 31.7 Å². The van der Waals surface area contributed by atoms with E-state index in [9.17, 15) is 9.59 Å². The smallest absolute Gasteiger partial charge is 0.266 e. The number of carbonyl (C=O) groups excluding carboxylic acids is 1. The molecule has 1 fully saturated rings. The number of hydrogen-bond acceptors (Lipinski definition) is 5. The van der Waals surface area contributed by atoms with Crippen LogP contribution in [0.2, 0.25) is 0 Å². The maximum atomic E-state index is 11.8. The van der Waals surface area contributed by atoms with E-state index in [0.29, 0.717) is 25.6 Å². The summed E-state index contributed by atoms with van der Waals surface area (Å²) in [7, 11) is 1.65. The Bertz CT molecular complexity index is 583. The van der Waals surface area contributed by atoms with Crippen LogP contribution in [0.25, 0.3) is 0 Å². The van der Waals surface area contributed by atoms with Gasteiger partial charge >= 0.3 is 0 Å². The Hall–Kier alpha value is -1.60. The number of piperidine rings is 1. The van der Waals surface area contributed by atoms with E-state index in [2.05, 4.69) is 10.00 Å². The molecule has 2 heterocycles. The number of nitrogens with two attached hydrogens (primary N) is 1. The van der Waals surface area contributed by atoms with Gasteiger partial charge in [-0.05, 0) is 24.8 Å². The minimum Gasteiger partial charge on any atom is -0.355 e. The number of alkyl halides is 1. The van der Waals surface area contributed by atoms with Crippen LogP contribution in [0.4, 0.5) is 5.82 Å². The lowest BCUT2D eigenvalue weighted by atomic mass is 9.96. The topological polar surface area (TPSA) is 84.5 Å². The zero-order valence-electron chi connectivity index (χ0n) is 13.4. The molecule has 7 nitrogen and oxygen atoms in total. The summed E-state index contributed by atoms with van der Waals surface area (Å²) in [6.45, 7) is 3.43. The number of carbonyl (C=O) groups is 1. The third-order valence-corrected chi connectivity index (χ3v) is 4.46. The molecule has 8 heteroatoms. The maximum absolute atomic E-state index is 11.8. The van der Waals surface area contributed by atoms with E-state index in [-0.39, 0.29) is 17.3 Å². The second-order valence-electron chi connectivity index (χ2n) is 5.85. The van der Waals surface area contributed by atoms with E-state index in [4.69, 9.17) is 17.3 Å². The van der Waals surface area contributed by atoms with Crippen LogP contribution in [0.15, 0.2) is 16.9 Å². The fourth-order valence-electron chi connectivity index (χ4n) is 2.87. The summed E-state index contributed by atoms with van der Waals surface area (Å²) in [5.41, 5.74) is 5.46. The van der Waals surface area contributed by atoms with Crippen LogP contribution in [-0.4, -0.2) is 59.2 Å². The first-order valence-electron chi connectivity index (χ1n) is 7.88. The van der Waals surface area contributed by atoms with Crippen LogP contribution < -0.4 is 16.2 Å². The molecule has 0 radical (unpaired) electrons. The Morgan fingerprint density at radius 1 is 1.43 bits per heavy atom. The number of rotatable bonds is 6. The first-order chi connectivity index (χ1) is 11.0. The van der Waals surface area contributed by atoms with Gasteiger partial charge in [-0.15, -0.1) is 11.6 Å². The fraction of sp³-hybridized carbons (Fsp3) is 0.667. The molecule has 1 aromatic heterocycles. The maximum Gasteiger partial charge on any atom is 0.266 e. The van der Waals surface area contributed by atoms with Crippen molar-refractivity contribution in [3.63, 3.8) is 0 Å². The summed E-state index contributed by atoms with van der Waals surface area (Å²) < 4.78 is 1.35. The van der Waals surface area contributed by atoms with Crippen molar-refractivity contribution in [3.05, 3.63) is 22.5 Å². The van der Waals surface area contributed by atoms with Gasteiger partial charge in [0.25, 0.3) is 5.56 Å². The van der Waals surface area contributed by atoms with Gasteiger partial charge in [-0.3, -0.25) is 9.59 Å². The van der Waals surface area contributed by atoms with Gasteiger partial charge in [0, 0.05) is 45.8 Å². The van der Waals surface area contributed by atoms with Crippen molar-refractivity contribution >= 4 is 23.3 Å². The second-order valence-corrected chi connectivity index (χ2v) is 6.11. The van der Waals surface area contributed by atoms with Gasteiger partial charge in [-0.2, -0.15) is 5.10 Å². The van der Waals surface area contributed by atoms with Crippen LogP contribution in [0.3, 0.4) is 0 Å². The highest BCUT2D eigenvalue weighted by atomic mass is 35.5. The SMILES string of the molecule is Cn1nc(N2CCC(CN(CCN)C(=O)CCl)CC2)ccc1=O. The highest BCUT2D eigenvalue weighted by Gasteiger charge is 2.24. The normalized spacial score (nSPS) is 15.7. The van der Waals surface area contributed by atoms with Crippen LogP contribution in [-0.2, 0) is 11.8 Å². The molecule has 0 bridgehead atoms.